The van der Waals surface area contributed by atoms with E-state index in [4.69, 9.17) is 0 Å². The third-order valence-electron chi connectivity index (χ3n) is 3.35. The van der Waals surface area contributed by atoms with Crippen LogP contribution >= 0.6 is 0 Å². The minimum Gasteiger partial charge on any atom is -0.335 e. The number of amides is 2. The van der Waals surface area contributed by atoms with Crippen molar-refractivity contribution < 1.29 is 22.0 Å². The quantitative estimate of drug-likeness (QED) is 0.896. The molecule has 2 amide bonds. The van der Waals surface area contributed by atoms with Crippen LogP contribution in [0.25, 0.3) is 0 Å². The van der Waals surface area contributed by atoms with Crippen LogP contribution in [-0.2, 0) is 9.84 Å². The number of halogens is 2. The zero-order valence-electron chi connectivity index (χ0n) is 11.2. The number of sulfone groups is 1. The summed E-state index contributed by atoms with van der Waals surface area (Å²) in [5.74, 6) is -3.49. The van der Waals surface area contributed by atoms with Crippen LogP contribution in [0.1, 0.15) is 25.7 Å². The van der Waals surface area contributed by atoms with E-state index in [9.17, 15) is 22.0 Å². The van der Waals surface area contributed by atoms with Crippen LogP contribution in [0.4, 0.5) is 19.3 Å². The highest BCUT2D eigenvalue weighted by atomic mass is 32.2. The third-order valence-corrected chi connectivity index (χ3v) is 4.73. The standard InChI is InChI=1S/C13H16F2N2O3S/c14-12(15)21(19,20)11-7-3-6-10(8-11)17-13(18)16-9-4-1-2-5-9/h3,6-9,12H,1-2,4-5H2,(H2,16,17,18). The molecule has 0 radical (unpaired) electrons. The van der Waals surface area contributed by atoms with Gasteiger partial charge in [-0.1, -0.05) is 18.9 Å². The van der Waals surface area contributed by atoms with Crippen molar-refractivity contribution in [1.82, 2.24) is 5.32 Å². The Morgan fingerprint density at radius 3 is 2.52 bits per heavy atom. The average Bonchev–Trinajstić information content (AvgIpc) is 2.91. The molecule has 0 unspecified atom stereocenters. The Labute approximate surface area is 121 Å². The van der Waals surface area contributed by atoms with Crippen LogP contribution in [-0.4, -0.2) is 26.2 Å². The molecule has 21 heavy (non-hydrogen) atoms. The van der Waals surface area contributed by atoms with E-state index in [0.29, 0.717) is 0 Å². The summed E-state index contributed by atoms with van der Waals surface area (Å²) in [6.45, 7) is 0. The molecule has 0 bridgehead atoms. The van der Waals surface area contributed by atoms with Crippen LogP contribution in [0, 0.1) is 0 Å². The van der Waals surface area contributed by atoms with Crippen molar-refractivity contribution in [2.45, 2.75) is 42.4 Å². The van der Waals surface area contributed by atoms with Gasteiger partial charge in [0.15, 0.2) is 0 Å². The maximum atomic E-state index is 12.5. The van der Waals surface area contributed by atoms with E-state index in [0.717, 1.165) is 37.8 Å². The van der Waals surface area contributed by atoms with Crippen LogP contribution in [0.5, 0.6) is 0 Å². The normalized spacial score (nSPS) is 16.1. The molecule has 0 saturated heterocycles. The van der Waals surface area contributed by atoms with Gasteiger partial charge in [0.1, 0.15) is 0 Å². The first kappa shape index (κ1) is 15.7. The van der Waals surface area contributed by atoms with E-state index in [-0.39, 0.29) is 11.7 Å². The Morgan fingerprint density at radius 2 is 1.90 bits per heavy atom. The summed E-state index contributed by atoms with van der Waals surface area (Å²) in [5, 5.41) is 5.22. The van der Waals surface area contributed by atoms with Gasteiger partial charge in [0.2, 0.25) is 9.84 Å². The van der Waals surface area contributed by atoms with Crippen molar-refractivity contribution in [2.75, 3.05) is 5.32 Å². The second kappa shape index (κ2) is 6.38. The molecule has 2 N–H and O–H groups in total. The smallest absolute Gasteiger partial charge is 0.335 e. The summed E-state index contributed by atoms with van der Waals surface area (Å²) >= 11 is 0. The molecule has 1 aromatic rings. The highest BCUT2D eigenvalue weighted by Gasteiger charge is 2.26. The number of anilines is 1. The minimum atomic E-state index is -4.66. The highest BCUT2D eigenvalue weighted by Crippen LogP contribution is 2.22. The van der Waals surface area contributed by atoms with Crippen LogP contribution in [0.15, 0.2) is 29.2 Å². The lowest BCUT2D eigenvalue weighted by molar-refractivity contribution is 0.235. The first-order valence-electron chi connectivity index (χ1n) is 6.59. The molecule has 0 aromatic heterocycles. The van der Waals surface area contributed by atoms with Crippen molar-refractivity contribution in [1.29, 1.82) is 0 Å². The van der Waals surface area contributed by atoms with Gasteiger partial charge in [-0.15, -0.1) is 0 Å². The fourth-order valence-corrected chi connectivity index (χ4v) is 3.04. The van der Waals surface area contributed by atoms with Crippen LogP contribution < -0.4 is 10.6 Å². The van der Waals surface area contributed by atoms with Gasteiger partial charge in [-0.05, 0) is 31.0 Å². The highest BCUT2D eigenvalue weighted by molar-refractivity contribution is 7.91. The van der Waals surface area contributed by atoms with Gasteiger partial charge in [0, 0.05) is 11.7 Å². The molecule has 1 aliphatic rings. The number of hydrogen-bond donors (Lipinski definition) is 2. The van der Waals surface area contributed by atoms with E-state index in [1.54, 1.807) is 0 Å². The second-order valence-electron chi connectivity index (χ2n) is 4.91. The Balaban J connectivity index is 2.05. The average molecular weight is 318 g/mol. The molecule has 1 aliphatic carbocycles. The third kappa shape index (κ3) is 3.90. The van der Waals surface area contributed by atoms with Gasteiger partial charge in [-0.2, -0.15) is 8.78 Å². The van der Waals surface area contributed by atoms with E-state index in [1.807, 2.05) is 0 Å². The zero-order chi connectivity index (χ0) is 15.5. The summed E-state index contributed by atoms with van der Waals surface area (Å²) in [6.07, 6.45) is 3.95. The molecule has 1 saturated carbocycles. The largest absolute Gasteiger partial charge is 0.341 e. The summed E-state index contributed by atoms with van der Waals surface area (Å²) in [5.41, 5.74) is 0.159. The SMILES string of the molecule is O=C(Nc1cccc(S(=O)(=O)C(F)F)c1)NC1CCCC1. The van der Waals surface area contributed by atoms with Gasteiger partial charge in [-0.25, -0.2) is 13.2 Å². The van der Waals surface area contributed by atoms with Crippen molar-refractivity contribution in [3.8, 4) is 0 Å². The first-order chi connectivity index (χ1) is 9.89. The monoisotopic (exact) mass is 318 g/mol. The Hall–Kier alpha value is -1.70. The van der Waals surface area contributed by atoms with E-state index >= 15 is 0 Å². The molecule has 1 fully saturated rings. The lowest BCUT2D eigenvalue weighted by Crippen LogP contribution is -2.36. The number of carbonyl (C=O) groups excluding carboxylic acids is 1. The summed E-state index contributed by atoms with van der Waals surface area (Å²) in [4.78, 5) is 11.2. The van der Waals surface area contributed by atoms with Gasteiger partial charge in [0.05, 0.1) is 4.90 Å². The molecule has 5 nitrogen and oxygen atoms in total. The number of carbonyl (C=O) groups is 1. The lowest BCUT2D eigenvalue weighted by atomic mass is 10.2. The van der Waals surface area contributed by atoms with Gasteiger partial charge in [0.25, 0.3) is 0 Å². The topological polar surface area (TPSA) is 75.3 Å². The summed E-state index contributed by atoms with van der Waals surface area (Å²) in [6, 6.07) is 4.49. The molecule has 0 atom stereocenters. The van der Waals surface area contributed by atoms with Gasteiger partial charge < -0.3 is 10.6 Å². The Bertz CT molecular complexity index is 614. The number of rotatable bonds is 4. The Morgan fingerprint density at radius 1 is 1.24 bits per heavy atom. The Kier molecular flexibility index (Phi) is 4.76. The zero-order valence-corrected chi connectivity index (χ0v) is 12.0. The number of nitrogens with one attached hydrogen (secondary N) is 2. The maximum absolute atomic E-state index is 12.5. The van der Waals surface area contributed by atoms with Crippen molar-refractivity contribution in [2.24, 2.45) is 0 Å². The summed E-state index contributed by atoms with van der Waals surface area (Å²) < 4.78 is 47.7. The van der Waals surface area contributed by atoms with Crippen molar-refractivity contribution in [3.63, 3.8) is 0 Å². The maximum Gasteiger partial charge on any atom is 0.341 e. The van der Waals surface area contributed by atoms with Gasteiger partial charge in [-0.3, -0.25) is 0 Å². The molecule has 2 rings (SSSR count). The van der Waals surface area contributed by atoms with E-state index in [2.05, 4.69) is 10.6 Å². The van der Waals surface area contributed by atoms with E-state index in [1.165, 1.54) is 12.1 Å². The van der Waals surface area contributed by atoms with Crippen molar-refractivity contribution in [3.05, 3.63) is 24.3 Å². The van der Waals surface area contributed by atoms with Crippen molar-refractivity contribution >= 4 is 21.6 Å². The minimum absolute atomic E-state index is 0.109. The van der Waals surface area contributed by atoms with Crippen LogP contribution in [0.2, 0.25) is 0 Å². The number of alkyl halides is 2. The second-order valence-corrected chi connectivity index (χ2v) is 6.83. The number of urea groups is 1. The molecular weight excluding hydrogens is 302 g/mol. The molecular formula is C13H16F2N2O3S. The first-order valence-corrected chi connectivity index (χ1v) is 8.14. The predicted octanol–water partition coefficient (Wildman–Crippen LogP) is 2.75. The predicted molar refractivity (Wildman–Crippen MR) is 74.0 cm³/mol. The van der Waals surface area contributed by atoms with Gasteiger partial charge >= 0.3 is 11.8 Å². The lowest BCUT2D eigenvalue weighted by Gasteiger charge is -2.13. The van der Waals surface area contributed by atoms with Crippen LogP contribution in [0.3, 0.4) is 0 Å². The molecule has 8 heteroatoms. The number of hydrogen-bond acceptors (Lipinski definition) is 3. The van der Waals surface area contributed by atoms with E-state index < -0.39 is 26.5 Å². The molecule has 0 spiro atoms. The fraction of sp³-hybridized carbons (Fsp3) is 0.462. The number of benzene rings is 1. The molecule has 0 heterocycles. The molecule has 0 aliphatic heterocycles. The molecule has 116 valence electrons. The summed E-state index contributed by atoms with van der Waals surface area (Å²) in [7, 11) is -4.66. The molecule has 1 aromatic carbocycles. The fourth-order valence-electron chi connectivity index (χ4n) is 2.28.